The van der Waals surface area contributed by atoms with Gasteiger partial charge < -0.3 is 4.52 Å². The van der Waals surface area contributed by atoms with Gasteiger partial charge in [0, 0.05) is 23.0 Å². The summed E-state index contributed by atoms with van der Waals surface area (Å²) in [5, 5.41) is 2.10. The first-order valence-corrected chi connectivity index (χ1v) is 11.1. The largest absolute Gasteiger partial charge is 0.348 e. The average Bonchev–Trinajstić information content (AvgIpc) is 3.19. The van der Waals surface area contributed by atoms with Crippen LogP contribution >= 0.6 is 28.9 Å². The molecule has 0 aliphatic carbocycles. The summed E-state index contributed by atoms with van der Waals surface area (Å²) in [6.45, 7) is 0. The first-order valence-electron chi connectivity index (χ1n) is 6.54. The topological polar surface area (TPSA) is 9.23 Å². The van der Waals surface area contributed by atoms with Crippen LogP contribution < -0.4 is 4.62 Å². The molecule has 0 saturated carbocycles. The summed E-state index contributed by atoms with van der Waals surface area (Å²) < 4.78 is 7.00. The SMILES string of the molecule is COP(=S)(Cc1ccccc1)c1ccc(-c2cccs2)s1. The van der Waals surface area contributed by atoms with Crippen molar-refractivity contribution in [1.29, 1.82) is 0 Å². The summed E-state index contributed by atoms with van der Waals surface area (Å²) in [5.74, 6) is 0. The second-order valence-electron chi connectivity index (χ2n) is 4.61. The van der Waals surface area contributed by atoms with E-state index in [1.165, 1.54) is 19.9 Å². The fourth-order valence-corrected chi connectivity index (χ4v) is 7.39. The van der Waals surface area contributed by atoms with E-state index < -0.39 is 6.26 Å². The molecule has 0 N–H and O–H groups in total. The third-order valence-electron chi connectivity index (χ3n) is 3.22. The Morgan fingerprint density at radius 3 is 2.48 bits per heavy atom. The molecule has 1 unspecified atom stereocenters. The molecule has 3 rings (SSSR count). The minimum atomic E-state index is -2.00. The number of rotatable bonds is 5. The van der Waals surface area contributed by atoms with Gasteiger partial charge in [0.15, 0.2) is 0 Å². The molecule has 2 aromatic heterocycles. The summed E-state index contributed by atoms with van der Waals surface area (Å²) in [6.07, 6.45) is -1.19. The van der Waals surface area contributed by atoms with Crippen molar-refractivity contribution in [3.63, 3.8) is 0 Å². The van der Waals surface area contributed by atoms with E-state index in [1.807, 2.05) is 6.07 Å². The van der Waals surface area contributed by atoms with Crippen molar-refractivity contribution in [2.75, 3.05) is 7.11 Å². The number of hydrogen-bond acceptors (Lipinski definition) is 4. The lowest BCUT2D eigenvalue weighted by Gasteiger charge is -2.18. The van der Waals surface area contributed by atoms with Crippen LogP contribution in [0.3, 0.4) is 0 Å². The highest BCUT2D eigenvalue weighted by atomic mass is 32.4. The monoisotopic (exact) mass is 350 g/mol. The van der Waals surface area contributed by atoms with Gasteiger partial charge in [0.1, 0.15) is 6.26 Å². The van der Waals surface area contributed by atoms with E-state index in [4.69, 9.17) is 16.3 Å². The molecule has 0 saturated heterocycles. The normalized spacial score (nSPS) is 14.0. The molecular formula is C16H15OPS3. The lowest BCUT2D eigenvalue weighted by atomic mass is 10.2. The molecule has 0 bridgehead atoms. The molecular weight excluding hydrogens is 335 g/mol. The summed E-state index contributed by atoms with van der Waals surface area (Å²) in [4.78, 5) is 2.57. The van der Waals surface area contributed by atoms with Gasteiger partial charge in [-0.3, -0.25) is 0 Å². The maximum absolute atomic E-state index is 5.90. The van der Waals surface area contributed by atoms with Crippen LogP contribution in [0.2, 0.25) is 0 Å². The highest BCUT2D eigenvalue weighted by Gasteiger charge is 2.22. The van der Waals surface area contributed by atoms with E-state index in [0.717, 1.165) is 6.16 Å². The van der Waals surface area contributed by atoms with Crippen LogP contribution in [0.1, 0.15) is 5.56 Å². The molecule has 1 aromatic carbocycles. The first kappa shape index (κ1) is 15.1. The van der Waals surface area contributed by atoms with Crippen LogP contribution in [0.5, 0.6) is 0 Å². The Hall–Kier alpha value is -0.770. The summed E-state index contributed by atoms with van der Waals surface area (Å²) in [7, 11) is 1.74. The minimum absolute atomic E-state index is 0.810. The molecule has 0 aliphatic rings. The number of hydrogen-bond donors (Lipinski definition) is 0. The molecule has 1 nitrogen and oxygen atoms in total. The molecule has 21 heavy (non-hydrogen) atoms. The van der Waals surface area contributed by atoms with Gasteiger partial charge in [0.05, 0.1) is 4.62 Å². The summed E-state index contributed by atoms with van der Waals surface area (Å²) >= 11 is 9.43. The molecule has 108 valence electrons. The third kappa shape index (κ3) is 3.36. The van der Waals surface area contributed by atoms with Gasteiger partial charge in [0.2, 0.25) is 0 Å². The summed E-state index contributed by atoms with van der Waals surface area (Å²) in [6, 6.07) is 18.9. The quantitative estimate of drug-likeness (QED) is 0.574. The van der Waals surface area contributed by atoms with Gasteiger partial charge in [-0.15, -0.1) is 22.7 Å². The van der Waals surface area contributed by atoms with Gasteiger partial charge >= 0.3 is 0 Å². The van der Waals surface area contributed by atoms with Crippen LogP contribution in [-0.4, -0.2) is 7.11 Å². The molecule has 2 heterocycles. The molecule has 0 radical (unpaired) electrons. The number of thiophene rings is 2. The lowest BCUT2D eigenvalue weighted by molar-refractivity contribution is 0.465. The standard InChI is InChI=1S/C16H15OPS3/c1-17-18(19,12-13-6-3-2-4-7-13)16-10-9-15(21-16)14-8-5-11-20-14/h2-11H,12H2,1H3. The minimum Gasteiger partial charge on any atom is -0.348 e. The Labute approximate surface area is 138 Å². The molecule has 1 atom stereocenters. The lowest BCUT2D eigenvalue weighted by Crippen LogP contribution is -2.03. The molecule has 0 spiro atoms. The zero-order chi connectivity index (χ0) is 14.7. The Bertz CT molecular complexity index is 747. The van der Waals surface area contributed by atoms with Crippen LogP contribution in [0.15, 0.2) is 60.0 Å². The van der Waals surface area contributed by atoms with E-state index in [0.29, 0.717) is 0 Å². The Morgan fingerprint density at radius 1 is 1.00 bits per heavy atom. The van der Waals surface area contributed by atoms with Crippen LogP contribution in [0, 0.1) is 0 Å². The van der Waals surface area contributed by atoms with Gasteiger partial charge in [-0.05, 0) is 29.1 Å². The Balaban J connectivity index is 1.91. The molecule has 3 aromatic rings. The van der Waals surface area contributed by atoms with Crippen molar-refractivity contribution < 1.29 is 4.52 Å². The Kier molecular flexibility index (Phi) is 4.72. The van der Waals surface area contributed by atoms with Gasteiger partial charge in [-0.2, -0.15) is 0 Å². The van der Waals surface area contributed by atoms with Crippen LogP contribution in [-0.2, 0) is 22.5 Å². The molecule has 5 heteroatoms. The van der Waals surface area contributed by atoms with Crippen molar-refractivity contribution >= 4 is 45.4 Å². The third-order valence-corrected chi connectivity index (χ3v) is 10.3. The highest BCUT2D eigenvalue weighted by molar-refractivity contribution is 8.17. The highest BCUT2D eigenvalue weighted by Crippen LogP contribution is 2.51. The maximum Gasteiger partial charge on any atom is 0.108 e. The van der Waals surface area contributed by atoms with Crippen molar-refractivity contribution in [1.82, 2.24) is 0 Å². The fourth-order valence-electron chi connectivity index (χ4n) is 2.12. The van der Waals surface area contributed by atoms with Crippen molar-refractivity contribution in [2.24, 2.45) is 0 Å². The first-order chi connectivity index (χ1) is 10.2. The van der Waals surface area contributed by atoms with E-state index in [2.05, 4.69) is 53.9 Å². The second-order valence-corrected chi connectivity index (χ2v) is 11.2. The average molecular weight is 350 g/mol. The summed E-state index contributed by atoms with van der Waals surface area (Å²) in [5.41, 5.74) is 1.24. The zero-order valence-electron chi connectivity index (χ0n) is 11.6. The van der Waals surface area contributed by atoms with E-state index in [9.17, 15) is 0 Å². The van der Waals surface area contributed by atoms with Crippen molar-refractivity contribution in [3.05, 3.63) is 65.5 Å². The zero-order valence-corrected chi connectivity index (χ0v) is 14.9. The van der Waals surface area contributed by atoms with Crippen LogP contribution in [0.25, 0.3) is 9.75 Å². The van der Waals surface area contributed by atoms with E-state index in [1.54, 1.807) is 29.8 Å². The van der Waals surface area contributed by atoms with Gasteiger partial charge in [0.25, 0.3) is 0 Å². The Morgan fingerprint density at radius 2 is 1.81 bits per heavy atom. The van der Waals surface area contributed by atoms with Crippen LogP contribution in [0.4, 0.5) is 0 Å². The van der Waals surface area contributed by atoms with Gasteiger partial charge in [-0.25, -0.2) is 0 Å². The fraction of sp³-hybridized carbons (Fsp3) is 0.125. The van der Waals surface area contributed by atoms with E-state index >= 15 is 0 Å². The van der Waals surface area contributed by atoms with E-state index in [-0.39, 0.29) is 0 Å². The predicted molar refractivity (Wildman–Crippen MR) is 98.7 cm³/mol. The predicted octanol–water partition coefficient (Wildman–Crippen LogP) is 5.34. The van der Waals surface area contributed by atoms with Crippen molar-refractivity contribution in [2.45, 2.75) is 6.16 Å². The smallest absolute Gasteiger partial charge is 0.108 e. The number of benzene rings is 1. The maximum atomic E-state index is 5.90. The van der Waals surface area contributed by atoms with Crippen molar-refractivity contribution in [3.8, 4) is 9.75 Å². The van der Waals surface area contributed by atoms with Gasteiger partial charge in [-0.1, -0.05) is 48.2 Å². The molecule has 0 amide bonds. The molecule has 0 fully saturated rings. The molecule has 0 aliphatic heterocycles. The second kappa shape index (κ2) is 6.55.